The lowest BCUT2D eigenvalue weighted by Crippen LogP contribution is -2.46. The van der Waals surface area contributed by atoms with E-state index in [1.54, 1.807) is 0 Å². The van der Waals surface area contributed by atoms with Crippen molar-refractivity contribution >= 4 is 113 Å². The molecule has 0 saturated heterocycles. The van der Waals surface area contributed by atoms with Gasteiger partial charge in [-0.3, -0.25) is 0 Å². The molecule has 0 bridgehead atoms. The van der Waals surface area contributed by atoms with E-state index >= 15 is 0 Å². The molecule has 0 fully saturated rings. The van der Waals surface area contributed by atoms with E-state index in [0.717, 1.165) is 60.7 Å². The fraction of sp³-hybridized carbons (Fsp3) is 0. The highest BCUT2D eigenvalue weighted by Gasteiger charge is 2.25. The molecule has 11 aromatic carbocycles. The van der Waals surface area contributed by atoms with Gasteiger partial charge in [-0.05, 0) is 106 Å². The third-order valence-electron chi connectivity index (χ3n) is 12.5. The Morgan fingerprint density at radius 1 is 0.270 bits per heavy atom. The summed E-state index contributed by atoms with van der Waals surface area (Å²) in [7, 11) is 28.9. The number of hydrogen-bond acceptors (Lipinski definition) is 1. The van der Waals surface area contributed by atoms with Crippen LogP contribution in [0, 0.1) is 0 Å². The predicted octanol–water partition coefficient (Wildman–Crippen LogP) is 11.6. The second-order valence-electron chi connectivity index (χ2n) is 16.1. The van der Waals surface area contributed by atoms with Gasteiger partial charge in [0.05, 0.1) is 5.69 Å². The highest BCUT2D eigenvalue weighted by Crippen LogP contribution is 2.46. The van der Waals surface area contributed by atoms with Gasteiger partial charge in [0.2, 0.25) is 0 Å². The van der Waals surface area contributed by atoms with Crippen LogP contribution >= 0.6 is 0 Å². The van der Waals surface area contributed by atoms with E-state index in [4.69, 9.17) is 31.4 Å². The Bertz CT molecular complexity index is 3520. The van der Waals surface area contributed by atoms with Gasteiger partial charge in [-0.15, -0.1) is 0 Å². The quantitative estimate of drug-likeness (QED) is 0.115. The van der Waals surface area contributed by atoms with Crippen molar-refractivity contribution in [3.05, 3.63) is 212 Å². The van der Waals surface area contributed by atoms with Crippen LogP contribution in [0.5, 0.6) is 0 Å². The summed E-state index contributed by atoms with van der Waals surface area (Å²) in [5.41, 5.74) is 11.8. The molecular weight excluding hydrogens is 754 g/mol. The van der Waals surface area contributed by atoms with Crippen LogP contribution in [0.2, 0.25) is 0 Å². The summed E-state index contributed by atoms with van der Waals surface area (Å²) < 4.78 is 0. The molecule has 1 nitrogen and oxygen atoms in total. The third-order valence-corrected chi connectivity index (χ3v) is 12.5. The summed E-state index contributed by atoms with van der Waals surface area (Å²) in [5.74, 6) is 0. The first-order valence-electron chi connectivity index (χ1n) is 21.2. The van der Waals surface area contributed by atoms with Crippen LogP contribution in [-0.2, 0) is 0 Å². The minimum Gasteiger partial charge on any atom is -0.311 e. The first-order valence-corrected chi connectivity index (χ1v) is 21.2. The Hall–Kier alpha value is -7.48. The molecule has 63 heavy (non-hydrogen) atoms. The second-order valence-corrected chi connectivity index (χ2v) is 16.1. The Morgan fingerprint density at radius 3 is 1.29 bits per heavy atom. The van der Waals surface area contributed by atoms with Gasteiger partial charge in [0.15, 0.2) is 0 Å². The molecule has 8 radical (unpaired) electrons. The smallest absolute Gasteiger partial charge is 0.115 e. The SMILES string of the molecule is [B]c1c([B])c(N(c2ccc(-c3c(-c4ccccc4)c4ccccc4c4ccccc34)cc2)c2cc3ccccc3c3ccccc23)c([B])c([B])c1-c1cccc(-c2ccccc2)c1. The molecule has 0 aliphatic rings. The summed E-state index contributed by atoms with van der Waals surface area (Å²) in [4.78, 5) is 2.14. The zero-order valence-electron chi connectivity index (χ0n) is 34.5. The van der Waals surface area contributed by atoms with Gasteiger partial charge < -0.3 is 4.90 Å². The maximum Gasteiger partial charge on any atom is 0.115 e. The zero-order valence-corrected chi connectivity index (χ0v) is 34.5. The van der Waals surface area contributed by atoms with Gasteiger partial charge >= 0.3 is 0 Å². The van der Waals surface area contributed by atoms with Crippen LogP contribution in [0.25, 0.3) is 87.6 Å². The Morgan fingerprint density at radius 2 is 0.698 bits per heavy atom. The summed E-state index contributed by atoms with van der Waals surface area (Å²) in [6.45, 7) is 0. The third kappa shape index (κ3) is 6.46. The van der Waals surface area contributed by atoms with Crippen molar-refractivity contribution in [3.8, 4) is 44.5 Å². The molecule has 0 saturated carbocycles. The van der Waals surface area contributed by atoms with Crippen molar-refractivity contribution in [1.82, 2.24) is 0 Å². The van der Waals surface area contributed by atoms with Crippen LogP contribution in [0.15, 0.2) is 212 Å². The molecule has 0 aliphatic carbocycles. The summed E-state index contributed by atoms with van der Waals surface area (Å²) in [6.07, 6.45) is 0. The minimum absolute atomic E-state index is 0.343. The van der Waals surface area contributed by atoms with Crippen LogP contribution in [0.1, 0.15) is 0 Å². The van der Waals surface area contributed by atoms with Crippen LogP contribution in [0.4, 0.5) is 17.1 Å². The molecule has 0 spiro atoms. The fourth-order valence-electron chi connectivity index (χ4n) is 9.58. The summed E-state index contributed by atoms with van der Waals surface area (Å²) in [6, 6.07) is 74.3. The number of benzene rings is 11. The van der Waals surface area contributed by atoms with E-state index < -0.39 is 0 Å². The van der Waals surface area contributed by atoms with Gasteiger partial charge in [0.25, 0.3) is 0 Å². The van der Waals surface area contributed by atoms with Gasteiger partial charge in [0.1, 0.15) is 31.4 Å². The normalized spacial score (nSPS) is 11.4. The molecule has 0 heterocycles. The van der Waals surface area contributed by atoms with Gasteiger partial charge in [-0.1, -0.05) is 210 Å². The molecule has 0 atom stereocenters. The molecule has 0 N–H and O–H groups in total. The first-order chi connectivity index (χ1) is 31.0. The van der Waals surface area contributed by atoms with Gasteiger partial charge in [-0.25, -0.2) is 0 Å². The molecule has 0 aliphatic heterocycles. The summed E-state index contributed by atoms with van der Waals surface area (Å²) >= 11 is 0. The monoisotopic (exact) mass is 789 g/mol. The van der Waals surface area contributed by atoms with E-state index in [0.29, 0.717) is 33.1 Å². The van der Waals surface area contributed by atoms with E-state index in [1.807, 2.05) is 30.3 Å². The topological polar surface area (TPSA) is 3.24 Å². The molecule has 0 aromatic heterocycles. The highest BCUT2D eigenvalue weighted by molar-refractivity contribution is 6.63. The number of anilines is 3. The van der Waals surface area contributed by atoms with Crippen LogP contribution in [-0.4, -0.2) is 31.4 Å². The summed E-state index contributed by atoms with van der Waals surface area (Å²) in [5, 5.41) is 9.17. The van der Waals surface area contributed by atoms with Crippen molar-refractivity contribution in [3.63, 3.8) is 0 Å². The van der Waals surface area contributed by atoms with Gasteiger partial charge in [-0.2, -0.15) is 0 Å². The number of nitrogens with zero attached hydrogens (tertiary/aromatic N) is 1. The molecule has 5 heteroatoms. The van der Waals surface area contributed by atoms with Crippen molar-refractivity contribution in [1.29, 1.82) is 0 Å². The second kappa shape index (κ2) is 15.8. The standard InChI is InChI=1S/C58H35B4N/c59-54-53(41-22-15-21-39(34-41)36-16-3-1-4-17-36)55(60)57(62)58(56(54)61)63(50-35-40-20-7-8-23-43(40)44-24-9-12-27-47(44)50)42-32-30-38(31-33-42)52-49-29-14-11-26-46(49)45-25-10-13-28-48(45)51(52)37-18-5-2-6-19-37/h1-35H. The maximum absolute atomic E-state index is 7.29. The molecule has 11 rings (SSSR count). The molecule has 284 valence electrons. The average molecular weight is 789 g/mol. The van der Waals surface area contributed by atoms with E-state index in [9.17, 15) is 0 Å². The molecule has 0 amide bonds. The first kappa shape index (κ1) is 38.4. The minimum atomic E-state index is 0.343. The Balaban J connectivity index is 1.16. The van der Waals surface area contributed by atoms with E-state index in [2.05, 4.69) is 187 Å². The van der Waals surface area contributed by atoms with Crippen molar-refractivity contribution in [2.45, 2.75) is 0 Å². The van der Waals surface area contributed by atoms with E-state index in [-0.39, 0.29) is 0 Å². The van der Waals surface area contributed by atoms with Crippen molar-refractivity contribution < 1.29 is 0 Å². The lowest BCUT2D eigenvalue weighted by molar-refractivity contribution is 1.33. The van der Waals surface area contributed by atoms with E-state index in [1.165, 1.54) is 32.7 Å². The number of hydrogen-bond donors (Lipinski definition) is 0. The Kier molecular flexibility index (Phi) is 9.62. The van der Waals surface area contributed by atoms with Crippen molar-refractivity contribution in [2.24, 2.45) is 0 Å². The fourth-order valence-corrected chi connectivity index (χ4v) is 9.58. The lowest BCUT2D eigenvalue weighted by atomic mass is 9.64. The largest absolute Gasteiger partial charge is 0.311 e. The number of fused-ring (bicyclic) bond motifs is 6. The zero-order chi connectivity index (χ0) is 42.6. The van der Waals surface area contributed by atoms with Crippen molar-refractivity contribution in [2.75, 3.05) is 4.90 Å². The average Bonchev–Trinajstić information content (AvgIpc) is 3.35. The maximum atomic E-state index is 7.29. The molecule has 0 unspecified atom stereocenters. The molecular formula is C58H35B4N. The highest BCUT2D eigenvalue weighted by atomic mass is 15.1. The van der Waals surface area contributed by atoms with Gasteiger partial charge in [0, 0.05) is 16.8 Å². The van der Waals surface area contributed by atoms with Crippen LogP contribution in [0.3, 0.4) is 0 Å². The molecule has 11 aromatic rings. The Labute approximate surface area is 373 Å². The number of rotatable bonds is 7. The predicted molar refractivity (Wildman–Crippen MR) is 274 cm³/mol. The lowest BCUT2D eigenvalue weighted by Gasteiger charge is -2.34. The van der Waals surface area contributed by atoms with Crippen LogP contribution < -0.4 is 26.8 Å².